The van der Waals surface area contributed by atoms with Crippen LogP contribution in [0.3, 0.4) is 0 Å². The van der Waals surface area contributed by atoms with Crippen LogP contribution in [-0.2, 0) is 12.8 Å². The lowest BCUT2D eigenvalue weighted by molar-refractivity contribution is 0.0878. The number of carbonyl (C=O) groups is 1. The molecule has 4 nitrogen and oxygen atoms in total. The third-order valence-electron chi connectivity index (χ3n) is 5.68. The SMILES string of the molecule is CC1CCCC(C)C1NC(=O)c1cc2c([nH]c1=O)CCCCC2. The highest BCUT2D eigenvalue weighted by atomic mass is 16.2. The number of aromatic amines is 1. The average molecular weight is 316 g/mol. The van der Waals surface area contributed by atoms with Crippen molar-refractivity contribution in [1.82, 2.24) is 10.3 Å². The predicted octanol–water partition coefficient (Wildman–Crippen LogP) is 3.20. The topological polar surface area (TPSA) is 62.0 Å². The fourth-order valence-corrected chi connectivity index (χ4v) is 4.22. The van der Waals surface area contributed by atoms with Crippen LogP contribution in [0.25, 0.3) is 0 Å². The summed E-state index contributed by atoms with van der Waals surface area (Å²) in [5.74, 6) is 0.745. The Labute approximate surface area is 138 Å². The van der Waals surface area contributed by atoms with Crippen molar-refractivity contribution in [2.45, 2.75) is 71.3 Å². The van der Waals surface area contributed by atoms with Gasteiger partial charge in [0.25, 0.3) is 11.5 Å². The number of nitrogens with one attached hydrogen (secondary N) is 2. The quantitative estimate of drug-likeness (QED) is 0.823. The van der Waals surface area contributed by atoms with Gasteiger partial charge in [-0.05, 0) is 62.0 Å². The van der Waals surface area contributed by atoms with Crippen molar-refractivity contribution in [3.63, 3.8) is 0 Å². The molecule has 3 rings (SSSR count). The Kier molecular flexibility index (Phi) is 4.88. The van der Waals surface area contributed by atoms with Gasteiger partial charge in [0, 0.05) is 11.7 Å². The lowest BCUT2D eigenvalue weighted by atomic mass is 9.78. The maximum Gasteiger partial charge on any atom is 0.261 e. The molecular formula is C19H28N2O2. The summed E-state index contributed by atoms with van der Waals surface area (Å²) >= 11 is 0. The number of rotatable bonds is 2. The molecule has 2 aliphatic carbocycles. The van der Waals surface area contributed by atoms with E-state index in [-0.39, 0.29) is 23.1 Å². The molecule has 2 aliphatic rings. The molecule has 4 heteroatoms. The van der Waals surface area contributed by atoms with Crippen LogP contribution in [0.5, 0.6) is 0 Å². The molecule has 23 heavy (non-hydrogen) atoms. The first-order chi connectivity index (χ1) is 11.1. The number of hydrogen-bond acceptors (Lipinski definition) is 2. The summed E-state index contributed by atoms with van der Waals surface area (Å²) in [6.07, 6.45) is 8.85. The normalized spacial score (nSPS) is 27.8. The number of carbonyl (C=O) groups excluding carboxylic acids is 1. The zero-order chi connectivity index (χ0) is 16.4. The van der Waals surface area contributed by atoms with E-state index in [4.69, 9.17) is 0 Å². The summed E-state index contributed by atoms with van der Waals surface area (Å²) in [6, 6.07) is 2.02. The number of pyridine rings is 1. The zero-order valence-electron chi connectivity index (χ0n) is 14.3. The number of hydrogen-bond donors (Lipinski definition) is 2. The molecule has 0 spiro atoms. The first-order valence-corrected chi connectivity index (χ1v) is 9.12. The lowest BCUT2D eigenvalue weighted by Crippen LogP contribution is -2.47. The van der Waals surface area contributed by atoms with Crippen LogP contribution in [-0.4, -0.2) is 16.9 Å². The van der Waals surface area contributed by atoms with Gasteiger partial charge in [-0.2, -0.15) is 0 Å². The summed E-state index contributed by atoms with van der Waals surface area (Å²) in [6.45, 7) is 4.39. The van der Waals surface area contributed by atoms with Gasteiger partial charge in [-0.15, -0.1) is 0 Å². The summed E-state index contributed by atoms with van der Waals surface area (Å²) < 4.78 is 0. The van der Waals surface area contributed by atoms with Gasteiger partial charge in [0.15, 0.2) is 0 Å². The Morgan fingerprint density at radius 2 is 1.78 bits per heavy atom. The molecule has 1 saturated carbocycles. The van der Waals surface area contributed by atoms with E-state index in [9.17, 15) is 9.59 Å². The molecule has 1 fully saturated rings. The second-order valence-electron chi connectivity index (χ2n) is 7.46. The fourth-order valence-electron chi connectivity index (χ4n) is 4.22. The highest BCUT2D eigenvalue weighted by Gasteiger charge is 2.30. The molecule has 0 aromatic carbocycles. The monoisotopic (exact) mass is 316 g/mol. The van der Waals surface area contributed by atoms with Crippen LogP contribution in [0.15, 0.2) is 10.9 Å². The minimum absolute atomic E-state index is 0.175. The third kappa shape index (κ3) is 3.51. The first kappa shape index (κ1) is 16.3. The molecule has 1 heterocycles. The van der Waals surface area contributed by atoms with Gasteiger partial charge >= 0.3 is 0 Å². The Morgan fingerprint density at radius 3 is 2.52 bits per heavy atom. The molecule has 1 amide bonds. The van der Waals surface area contributed by atoms with Gasteiger partial charge in [0.1, 0.15) is 5.56 Å². The van der Waals surface area contributed by atoms with Crippen LogP contribution in [0.2, 0.25) is 0 Å². The Bertz CT molecular complexity index is 625. The highest BCUT2D eigenvalue weighted by molar-refractivity contribution is 5.94. The number of aryl methyl sites for hydroxylation is 2. The van der Waals surface area contributed by atoms with E-state index in [1.807, 2.05) is 6.07 Å². The largest absolute Gasteiger partial charge is 0.349 e. The fraction of sp³-hybridized carbons (Fsp3) is 0.684. The Hall–Kier alpha value is -1.58. The van der Waals surface area contributed by atoms with Gasteiger partial charge in [-0.25, -0.2) is 0 Å². The summed E-state index contributed by atoms with van der Waals surface area (Å²) in [7, 11) is 0. The van der Waals surface area contributed by atoms with Crippen molar-refractivity contribution in [3.8, 4) is 0 Å². The average Bonchev–Trinajstić information content (AvgIpc) is 2.75. The second-order valence-corrected chi connectivity index (χ2v) is 7.46. The molecule has 126 valence electrons. The number of fused-ring (bicyclic) bond motifs is 1. The van der Waals surface area contributed by atoms with Gasteiger partial charge < -0.3 is 10.3 Å². The smallest absolute Gasteiger partial charge is 0.261 e. The van der Waals surface area contributed by atoms with Crippen LogP contribution >= 0.6 is 0 Å². The van der Waals surface area contributed by atoms with Crippen LogP contribution in [0, 0.1) is 11.8 Å². The zero-order valence-corrected chi connectivity index (χ0v) is 14.3. The molecule has 0 bridgehead atoms. The number of amides is 1. The van der Waals surface area contributed by atoms with Crippen molar-refractivity contribution >= 4 is 5.91 Å². The maximum atomic E-state index is 12.7. The van der Waals surface area contributed by atoms with Gasteiger partial charge in [0.2, 0.25) is 0 Å². The van der Waals surface area contributed by atoms with Crippen LogP contribution < -0.4 is 10.9 Å². The Balaban J connectivity index is 1.82. The van der Waals surface area contributed by atoms with E-state index < -0.39 is 0 Å². The van der Waals surface area contributed by atoms with Gasteiger partial charge in [-0.3, -0.25) is 9.59 Å². The van der Waals surface area contributed by atoms with E-state index in [1.54, 1.807) is 0 Å². The van der Waals surface area contributed by atoms with Crippen molar-refractivity contribution in [2.24, 2.45) is 11.8 Å². The molecule has 1 aromatic heterocycles. The molecule has 1 aromatic rings. The predicted molar refractivity (Wildman–Crippen MR) is 91.8 cm³/mol. The van der Waals surface area contributed by atoms with E-state index in [1.165, 1.54) is 12.8 Å². The molecule has 2 unspecified atom stereocenters. The van der Waals surface area contributed by atoms with E-state index in [0.29, 0.717) is 11.8 Å². The van der Waals surface area contributed by atoms with Crippen LogP contribution in [0.1, 0.15) is 74.0 Å². The molecule has 0 saturated heterocycles. The third-order valence-corrected chi connectivity index (χ3v) is 5.68. The standard InChI is InChI=1S/C19H28N2O2/c1-12-7-6-8-13(2)17(12)21-19(23)15-11-14-9-4-3-5-10-16(14)20-18(15)22/h11-13,17H,3-10H2,1-2H3,(H,20,22)(H,21,23). The van der Waals surface area contributed by atoms with Gasteiger partial charge in [0.05, 0.1) is 0 Å². The van der Waals surface area contributed by atoms with Gasteiger partial charge in [-0.1, -0.05) is 26.7 Å². The molecular weight excluding hydrogens is 288 g/mol. The minimum Gasteiger partial charge on any atom is -0.349 e. The second kappa shape index (κ2) is 6.90. The molecule has 0 radical (unpaired) electrons. The summed E-state index contributed by atoms with van der Waals surface area (Å²) in [5.41, 5.74) is 2.23. The van der Waals surface area contributed by atoms with E-state index in [0.717, 1.165) is 49.8 Å². The van der Waals surface area contributed by atoms with E-state index in [2.05, 4.69) is 24.1 Å². The van der Waals surface area contributed by atoms with Crippen LogP contribution in [0.4, 0.5) is 0 Å². The Morgan fingerprint density at radius 1 is 1.09 bits per heavy atom. The molecule has 0 aliphatic heterocycles. The lowest BCUT2D eigenvalue weighted by Gasteiger charge is -2.35. The first-order valence-electron chi connectivity index (χ1n) is 9.12. The highest BCUT2D eigenvalue weighted by Crippen LogP contribution is 2.29. The maximum absolute atomic E-state index is 12.7. The van der Waals surface area contributed by atoms with Crippen molar-refractivity contribution < 1.29 is 4.79 Å². The number of H-pyrrole nitrogens is 1. The van der Waals surface area contributed by atoms with E-state index >= 15 is 0 Å². The minimum atomic E-state index is -0.237. The van der Waals surface area contributed by atoms with Crippen molar-refractivity contribution in [3.05, 3.63) is 33.2 Å². The van der Waals surface area contributed by atoms with Crippen molar-refractivity contribution in [1.29, 1.82) is 0 Å². The summed E-state index contributed by atoms with van der Waals surface area (Å²) in [5, 5.41) is 3.14. The van der Waals surface area contributed by atoms with Crippen molar-refractivity contribution in [2.75, 3.05) is 0 Å². The molecule has 2 N–H and O–H groups in total. The summed E-state index contributed by atoms with van der Waals surface area (Å²) in [4.78, 5) is 28.0. The molecule has 2 atom stereocenters. The number of aromatic nitrogens is 1.